The van der Waals surface area contributed by atoms with Crippen LogP contribution in [0.5, 0.6) is 5.75 Å². The first-order valence-electron chi connectivity index (χ1n) is 9.82. The average molecular weight is 402 g/mol. The summed E-state index contributed by atoms with van der Waals surface area (Å²) in [5.74, 6) is 0.602. The van der Waals surface area contributed by atoms with Crippen molar-refractivity contribution in [3.05, 3.63) is 29.8 Å². The summed E-state index contributed by atoms with van der Waals surface area (Å²) in [4.78, 5) is 43.1. The predicted octanol–water partition coefficient (Wildman–Crippen LogP) is 0.0771. The second-order valence-corrected chi connectivity index (χ2v) is 7.79. The molecule has 3 heterocycles. The van der Waals surface area contributed by atoms with Gasteiger partial charge in [-0.1, -0.05) is 18.2 Å². The summed E-state index contributed by atoms with van der Waals surface area (Å²) in [6, 6.07) is 6.60. The molecule has 9 heteroatoms. The third-order valence-electron chi connectivity index (χ3n) is 5.86. The molecule has 0 spiro atoms. The van der Waals surface area contributed by atoms with Crippen molar-refractivity contribution in [3.63, 3.8) is 0 Å². The number of carbonyl (C=O) groups excluding carboxylic acids is 3. The molecule has 4 rings (SSSR count). The second kappa shape index (κ2) is 7.90. The molecule has 1 aromatic rings. The lowest BCUT2D eigenvalue weighted by molar-refractivity contribution is -0.150. The molecule has 3 aliphatic heterocycles. The fourth-order valence-corrected chi connectivity index (χ4v) is 4.28. The van der Waals surface area contributed by atoms with Crippen molar-refractivity contribution >= 4 is 17.9 Å². The second-order valence-electron chi connectivity index (χ2n) is 7.79. The summed E-state index contributed by atoms with van der Waals surface area (Å²) in [5.41, 5.74) is 0.875. The van der Waals surface area contributed by atoms with Crippen LogP contribution in [0.4, 0.5) is 4.79 Å². The standard InChI is InChI=1S/C20H26N4O5/c1-22-9-13(10-22)18(25)24-8-7-23(19(26)15-12-29-20(27)21-15)11-16(24)14-5-3-4-6-17(14)28-2/h3-6,13,15-16H,7-12H2,1-2H3,(H,21,27)/t15-,16?/m0/s1. The van der Waals surface area contributed by atoms with Crippen LogP contribution < -0.4 is 10.1 Å². The van der Waals surface area contributed by atoms with Gasteiger partial charge in [-0.3, -0.25) is 9.59 Å². The molecule has 0 bridgehead atoms. The Morgan fingerprint density at radius 3 is 2.55 bits per heavy atom. The average Bonchev–Trinajstić information content (AvgIpc) is 3.16. The van der Waals surface area contributed by atoms with Gasteiger partial charge in [-0.2, -0.15) is 0 Å². The monoisotopic (exact) mass is 402 g/mol. The van der Waals surface area contributed by atoms with Crippen molar-refractivity contribution in [1.29, 1.82) is 0 Å². The fourth-order valence-electron chi connectivity index (χ4n) is 4.28. The third kappa shape index (κ3) is 3.74. The van der Waals surface area contributed by atoms with E-state index in [2.05, 4.69) is 10.2 Å². The lowest BCUT2D eigenvalue weighted by Crippen LogP contribution is -2.59. The minimum Gasteiger partial charge on any atom is -0.496 e. The van der Waals surface area contributed by atoms with Gasteiger partial charge in [-0.15, -0.1) is 0 Å². The number of likely N-dealkylation sites (tertiary alicyclic amines) is 1. The third-order valence-corrected chi connectivity index (χ3v) is 5.86. The van der Waals surface area contributed by atoms with E-state index in [4.69, 9.17) is 9.47 Å². The molecule has 1 aromatic carbocycles. The number of amides is 3. The Morgan fingerprint density at radius 1 is 1.14 bits per heavy atom. The number of ether oxygens (including phenoxy) is 2. The van der Waals surface area contributed by atoms with Crippen LogP contribution in [0.15, 0.2) is 24.3 Å². The van der Waals surface area contributed by atoms with Crippen molar-refractivity contribution < 1.29 is 23.9 Å². The SMILES string of the molecule is COc1ccccc1C1CN(C(=O)[C@@H]2COC(=O)N2)CCN1C(=O)C1CN(C)C1. The summed E-state index contributed by atoms with van der Waals surface area (Å²) >= 11 is 0. The number of hydrogen-bond acceptors (Lipinski definition) is 6. The van der Waals surface area contributed by atoms with E-state index in [-0.39, 0.29) is 30.4 Å². The maximum absolute atomic E-state index is 13.2. The molecular formula is C20H26N4O5. The van der Waals surface area contributed by atoms with E-state index in [1.54, 1.807) is 12.0 Å². The van der Waals surface area contributed by atoms with Gasteiger partial charge in [0.2, 0.25) is 11.8 Å². The number of benzene rings is 1. The summed E-state index contributed by atoms with van der Waals surface area (Å²) < 4.78 is 10.4. The zero-order valence-electron chi connectivity index (χ0n) is 16.7. The fraction of sp³-hybridized carbons (Fsp3) is 0.550. The number of nitrogens with one attached hydrogen (secondary N) is 1. The molecule has 0 saturated carbocycles. The number of hydrogen-bond donors (Lipinski definition) is 1. The van der Waals surface area contributed by atoms with Crippen molar-refractivity contribution in [1.82, 2.24) is 20.0 Å². The molecule has 1 unspecified atom stereocenters. The highest BCUT2D eigenvalue weighted by atomic mass is 16.6. The minimum atomic E-state index is -0.677. The Bertz CT molecular complexity index is 810. The number of rotatable bonds is 4. The number of alkyl carbamates (subject to hydrolysis) is 1. The van der Waals surface area contributed by atoms with Gasteiger partial charge in [0.15, 0.2) is 0 Å². The summed E-state index contributed by atoms with van der Waals surface area (Å²) in [6.45, 7) is 2.74. The van der Waals surface area contributed by atoms with E-state index in [1.807, 2.05) is 36.2 Å². The number of para-hydroxylation sites is 1. The number of piperazine rings is 1. The quantitative estimate of drug-likeness (QED) is 0.767. The van der Waals surface area contributed by atoms with Crippen LogP contribution >= 0.6 is 0 Å². The topological polar surface area (TPSA) is 91.4 Å². The predicted molar refractivity (Wildman–Crippen MR) is 103 cm³/mol. The summed E-state index contributed by atoms with van der Waals surface area (Å²) in [5, 5.41) is 2.54. The molecule has 3 aliphatic rings. The Morgan fingerprint density at radius 2 is 1.90 bits per heavy atom. The van der Waals surface area contributed by atoms with Crippen LogP contribution in [0.25, 0.3) is 0 Å². The molecule has 0 radical (unpaired) electrons. The van der Waals surface area contributed by atoms with Crippen molar-refractivity contribution in [2.24, 2.45) is 5.92 Å². The zero-order valence-corrected chi connectivity index (χ0v) is 16.7. The van der Waals surface area contributed by atoms with Gasteiger partial charge >= 0.3 is 6.09 Å². The van der Waals surface area contributed by atoms with Crippen LogP contribution in [0, 0.1) is 5.92 Å². The van der Waals surface area contributed by atoms with Crippen LogP contribution in [-0.2, 0) is 14.3 Å². The maximum atomic E-state index is 13.2. The highest BCUT2D eigenvalue weighted by Gasteiger charge is 2.42. The first kappa shape index (κ1) is 19.5. The van der Waals surface area contributed by atoms with E-state index in [0.29, 0.717) is 25.4 Å². The molecule has 3 saturated heterocycles. The number of methoxy groups -OCH3 is 1. The number of cyclic esters (lactones) is 1. The highest BCUT2D eigenvalue weighted by Crippen LogP contribution is 2.34. The van der Waals surface area contributed by atoms with Gasteiger partial charge in [-0.05, 0) is 13.1 Å². The largest absolute Gasteiger partial charge is 0.496 e. The van der Waals surface area contributed by atoms with Gasteiger partial charge in [0, 0.05) is 38.3 Å². The molecule has 9 nitrogen and oxygen atoms in total. The van der Waals surface area contributed by atoms with Gasteiger partial charge < -0.3 is 29.5 Å². The van der Waals surface area contributed by atoms with E-state index >= 15 is 0 Å². The van der Waals surface area contributed by atoms with Crippen molar-refractivity contribution in [2.45, 2.75) is 12.1 Å². The normalized spacial score (nSPS) is 25.2. The molecule has 0 aliphatic carbocycles. The van der Waals surface area contributed by atoms with Crippen LogP contribution in [0.3, 0.4) is 0 Å². The van der Waals surface area contributed by atoms with E-state index in [9.17, 15) is 14.4 Å². The van der Waals surface area contributed by atoms with Gasteiger partial charge in [0.1, 0.15) is 18.4 Å². The van der Waals surface area contributed by atoms with Crippen LogP contribution in [0.1, 0.15) is 11.6 Å². The van der Waals surface area contributed by atoms with E-state index in [0.717, 1.165) is 18.7 Å². The first-order valence-corrected chi connectivity index (χ1v) is 9.82. The number of carbonyl (C=O) groups is 3. The molecule has 3 amide bonds. The Balaban J connectivity index is 1.57. The Labute approximate surface area is 169 Å². The molecule has 0 aromatic heterocycles. The minimum absolute atomic E-state index is 0.0121. The molecular weight excluding hydrogens is 376 g/mol. The van der Waals surface area contributed by atoms with Crippen LogP contribution in [0.2, 0.25) is 0 Å². The molecule has 29 heavy (non-hydrogen) atoms. The smallest absolute Gasteiger partial charge is 0.407 e. The molecule has 156 valence electrons. The van der Waals surface area contributed by atoms with Crippen molar-refractivity contribution in [2.75, 3.05) is 53.5 Å². The van der Waals surface area contributed by atoms with E-state index < -0.39 is 12.1 Å². The summed E-state index contributed by atoms with van der Waals surface area (Å²) in [6.07, 6.45) is -0.576. The number of nitrogens with zero attached hydrogens (tertiary/aromatic N) is 3. The van der Waals surface area contributed by atoms with E-state index in [1.165, 1.54) is 0 Å². The van der Waals surface area contributed by atoms with Crippen LogP contribution in [-0.4, -0.2) is 92.1 Å². The van der Waals surface area contributed by atoms with Crippen molar-refractivity contribution in [3.8, 4) is 5.75 Å². The molecule has 1 N–H and O–H groups in total. The zero-order chi connectivity index (χ0) is 20.5. The lowest BCUT2D eigenvalue weighted by Gasteiger charge is -2.46. The van der Waals surface area contributed by atoms with Gasteiger partial charge in [0.05, 0.1) is 19.1 Å². The molecule has 3 fully saturated rings. The summed E-state index contributed by atoms with van der Waals surface area (Å²) in [7, 11) is 3.60. The van der Waals surface area contributed by atoms with Gasteiger partial charge in [0.25, 0.3) is 0 Å². The highest BCUT2D eigenvalue weighted by molar-refractivity contribution is 5.88. The molecule has 2 atom stereocenters. The lowest BCUT2D eigenvalue weighted by atomic mass is 9.94. The van der Waals surface area contributed by atoms with Gasteiger partial charge in [-0.25, -0.2) is 4.79 Å². The maximum Gasteiger partial charge on any atom is 0.407 e. The Kier molecular flexibility index (Phi) is 5.31. The first-order chi connectivity index (χ1) is 14.0. The Hall–Kier alpha value is -2.81.